The van der Waals surface area contributed by atoms with Crippen LogP contribution in [0.25, 0.3) is 22.5 Å². The van der Waals surface area contributed by atoms with Crippen LogP contribution in [0.2, 0.25) is 0 Å². The van der Waals surface area contributed by atoms with Crippen molar-refractivity contribution < 1.29 is 18.7 Å². The van der Waals surface area contributed by atoms with E-state index in [4.69, 9.17) is 9.15 Å². The van der Waals surface area contributed by atoms with E-state index in [1.165, 1.54) is 5.56 Å². The van der Waals surface area contributed by atoms with E-state index >= 15 is 0 Å². The monoisotopic (exact) mass is 460 g/mol. The number of nitrogens with one attached hydrogen (secondary N) is 1. The van der Waals surface area contributed by atoms with E-state index in [0.29, 0.717) is 40.9 Å². The third-order valence-corrected chi connectivity index (χ3v) is 5.47. The number of hydrogen-bond donors (Lipinski definition) is 1. The molecule has 0 fully saturated rings. The first-order valence-corrected chi connectivity index (χ1v) is 11.3. The number of nitrogens with zero attached hydrogens (tertiary/aromatic N) is 3. The summed E-state index contributed by atoms with van der Waals surface area (Å²) in [4.78, 5) is 29.7. The SMILES string of the molecule is Cc1ccc(CCC(=O)NCCOC(=O)c2cc(-c3ccco3)nc3c2cnn3C(C)C)cc1. The van der Waals surface area contributed by atoms with Gasteiger partial charge in [-0.15, -0.1) is 0 Å². The molecule has 0 aliphatic rings. The largest absolute Gasteiger partial charge is 0.463 e. The molecule has 0 atom stereocenters. The Morgan fingerprint density at radius 1 is 1.18 bits per heavy atom. The molecule has 0 unspecified atom stereocenters. The van der Waals surface area contributed by atoms with Gasteiger partial charge in [0.25, 0.3) is 0 Å². The van der Waals surface area contributed by atoms with Crippen LogP contribution in [-0.2, 0) is 16.0 Å². The summed E-state index contributed by atoms with van der Waals surface area (Å²) in [6, 6.07) is 13.4. The lowest BCUT2D eigenvalue weighted by molar-refractivity contribution is -0.121. The van der Waals surface area contributed by atoms with E-state index in [-0.39, 0.29) is 25.1 Å². The highest BCUT2D eigenvalue weighted by Crippen LogP contribution is 2.27. The molecule has 0 radical (unpaired) electrons. The van der Waals surface area contributed by atoms with Gasteiger partial charge in [-0.05, 0) is 51.0 Å². The first kappa shape index (κ1) is 23.2. The van der Waals surface area contributed by atoms with E-state index in [1.54, 1.807) is 35.3 Å². The minimum absolute atomic E-state index is 0.0628. The van der Waals surface area contributed by atoms with E-state index in [9.17, 15) is 9.59 Å². The quantitative estimate of drug-likeness (QED) is 0.292. The molecule has 0 aliphatic carbocycles. The van der Waals surface area contributed by atoms with E-state index in [0.717, 1.165) is 5.56 Å². The number of benzene rings is 1. The Balaban J connectivity index is 1.38. The number of rotatable bonds is 9. The van der Waals surface area contributed by atoms with Crippen molar-refractivity contribution in [3.05, 3.63) is 71.6 Å². The molecule has 176 valence electrons. The average molecular weight is 461 g/mol. The molecule has 0 saturated carbocycles. The molecule has 1 N–H and O–H groups in total. The Morgan fingerprint density at radius 3 is 2.68 bits per heavy atom. The van der Waals surface area contributed by atoms with Gasteiger partial charge in [0.2, 0.25) is 5.91 Å². The first-order chi connectivity index (χ1) is 16.4. The number of hydrogen-bond acceptors (Lipinski definition) is 6. The Bertz CT molecular complexity index is 1270. The van der Waals surface area contributed by atoms with Crippen LogP contribution in [0.15, 0.2) is 59.3 Å². The van der Waals surface area contributed by atoms with Gasteiger partial charge in [0.15, 0.2) is 11.4 Å². The summed E-state index contributed by atoms with van der Waals surface area (Å²) in [5, 5.41) is 7.80. The summed E-state index contributed by atoms with van der Waals surface area (Å²) in [5.74, 6) is -0.0352. The zero-order chi connectivity index (χ0) is 24.1. The van der Waals surface area contributed by atoms with Crippen molar-refractivity contribution in [2.24, 2.45) is 0 Å². The number of ether oxygens (including phenoxy) is 1. The molecule has 0 saturated heterocycles. The topological polar surface area (TPSA) is 99.2 Å². The van der Waals surface area contributed by atoms with Gasteiger partial charge in [-0.25, -0.2) is 14.5 Å². The molecule has 8 heteroatoms. The van der Waals surface area contributed by atoms with Crippen LogP contribution < -0.4 is 5.32 Å². The minimum Gasteiger partial charge on any atom is -0.463 e. The van der Waals surface area contributed by atoms with Crippen LogP contribution in [0.1, 0.15) is 47.8 Å². The fourth-order valence-corrected chi connectivity index (χ4v) is 3.63. The maximum atomic E-state index is 12.9. The number of fused-ring (bicyclic) bond motifs is 1. The van der Waals surface area contributed by atoms with Crippen molar-refractivity contribution in [2.75, 3.05) is 13.2 Å². The zero-order valence-corrected chi connectivity index (χ0v) is 19.6. The average Bonchev–Trinajstić information content (AvgIpc) is 3.51. The lowest BCUT2D eigenvalue weighted by Crippen LogP contribution is -2.28. The molecule has 3 heterocycles. The van der Waals surface area contributed by atoms with Crippen LogP contribution in [0, 0.1) is 6.92 Å². The molecule has 0 spiro atoms. The molecule has 0 aliphatic heterocycles. The predicted octanol–water partition coefficient (Wildman–Crippen LogP) is 4.49. The van der Waals surface area contributed by atoms with Crippen molar-refractivity contribution in [2.45, 2.75) is 39.7 Å². The number of esters is 1. The minimum atomic E-state index is -0.502. The van der Waals surface area contributed by atoms with Gasteiger partial charge in [-0.3, -0.25) is 4.79 Å². The van der Waals surface area contributed by atoms with E-state index < -0.39 is 5.97 Å². The lowest BCUT2D eigenvalue weighted by Gasteiger charge is -2.10. The number of pyridine rings is 1. The number of aromatic nitrogens is 3. The molecule has 3 aromatic heterocycles. The molecular formula is C26H28N4O4. The van der Waals surface area contributed by atoms with Crippen LogP contribution in [0.4, 0.5) is 0 Å². The van der Waals surface area contributed by atoms with E-state index in [1.807, 2.05) is 45.0 Å². The fraction of sp³-hybridized carbons (Fsp3) is 0.308. The Morgan fingerprint density at radius 2 is 1.97 bits per heavy atom. The summed E-state index contributed by atoms with van der Waals surface area (Å²) < 4.78 is 12.7. The number of aryl methyl sites for hydroxylation is 2. The maximum Gasteiger partial charge on any atom is 0.339 e. The molecule has 0 bridgehead atoms. The van der Waals surface area contributed by atoms with Crippen LogP contribution in [-0.4, -0.2) is 39.8 Å². The highest BCUT2D eigenvalue weighted by atomic mass is 16.5. The van der Waals surface area contributed by atoms with Crippen LogP contribution in [0.3, 0.4) is 0 Å². The molecule has 1 amide bonds. The molecule has 34 heavy (non-hydrogen) atoms. The van der Waals surface area contributed by atoms with Crippen molar-refractivity contribution in [1.29, 1.82) is 0 Å². The molecule has 4 rings (SSSR count). The fourth-order valence-electron chi connectivity index (χ4n) is 3.63. The van der Waals surface area contributed by atoms with Crippen LogP contribution in [0.5, 0.6) is 0 Å². The highest BCUT2D eigenvalue weighted by Gasteiger charge is 2.20. The van der Waals surface area contributed by atoms with Gasteiger partial charge in [0.05, 0.1) is 30.0 Å². The van der Waals surface area contributed by atoms with Gasteiger partial charge in [-0.1, -0.05) is 29.8 Å². The number of amides is 1. The smallest absolute Gasteiger partial charge is 0.339 e. The van der Waals surface area contributed by atoms with Gasteiger partial charge >= 0.3 is 5.97 Å². The van der Waals surface area contributed by atoms with Crippen molar-refractivity contribution in [1.82, 2.24) is 20.1 Å². The number of furan rings is 1. The van der Waals surface area contributed by atoms with Crippen molar-refractivity contribution in [3.8, 4) is 11.5 Å². The summed E-state index contributed by atoms with van der Waals surface area (Å²) in [7, 11) is 0. The summed E-state index contributed by atoms with van der Waals surface area (Å²) in [6.45, 7) is 6.32. The van der Waals surface area contributed by atoms with E-state index in [2.05, 4.69) is 15.4 Å². The van der Waals surface area contributed by atoms with Crippen molar-refractivity contribution in [3.63, 3.8) is 0 Å². The number of carbonyl (C=O) groups excluding carboxylic acids is 2. The van der Waals surface area contributed by atoms with Crippen LogP contribution >= 0.6 is 0 Å². The Kier molecular flexibility index (Phi) is 7.06. The summed E-state index contributed by atoms with van der Waals surface area (Å²) >= 11 is 0. The molecule has 4 aromatic rings. The zero-order valence-electron chi connectivity index (χ0n) is 19.6. The third-order valence-electron chi connectivity index (χ3n) is 5.47. The third kappa shape index (κ3) is 5.33. The van der Waals surface area contributed by atoms with Gasteiger partial charge in [-0.2, -0.15) is 5.10 Å². The second-order valence-electron chi connectivity index (χ2n) is 8.42. The van der Waals surface area contributed by atoms with Gasteiger partial charge in [0, 0.05) is 12.5 Å². The Labute approximate surface area is 197 Å². The van der Waals surface area contributed by atoms with Crippen molar-refractivity contribution >= 4 is 22.9 Å². The lowest BCUT2D eigenvalue weighted by atomic mass is 10.1. The molecular weight excluding hydrogens is 432 g/mol. The normalized spacial score (nSPS) is 11.2. The Hall–Kier alpha value is -3.94. The maximum absolute atomic E-state index is 12.9. The highest BCUT2D eigenvalue weighted by molar-refractivity contribution is 6.03. The molecule has 8 nitrogen and oxygen atoms in total. The first-order valence-electron chi connectivity index (χ1n) is 11.3. The predicted molar refractivity (Wildman–Crippen MR) is 128 cm³/mol. The van der Waals surface area contributed by atoms with Gasteiger partial charge < -0.3 is 14.5 Å². The van der Waals surface area contributed by atoms with Gasteiger partial charge in [0.1, 0.15) is 12.3 Å². The second kappa shape index (κ2) is 10.3. The summed E-state index contributed by atoms with van der Waals surface area (Å²) in [6.07, 6.45) is 4.22. The summed E-state index contributed by atoms with van der Waals surface area (Å²) in [5.41, 5.74) is 3.77. The molecule has 1 aromatic carbocycles. The number of carbonyl (C=O) groups is 2. The second-order valence-corrected chi connectivity index (χ2v) is 8.42. The standard InChI is InChI=1S/C26H28N4O4/c1-17(2)30-25-21(16-28-30)20(15-22(29-25)23-5-4-13-33-23)26(32)34-14-12-27-24(31)11-10-19-8-6-18(3)7-9-19/h4-9,13,15-17H,10-12,14H2,1-3H3,(H,27,31).